The quantitative estimate of drug-likeness (QED) is 0.652. The van der Waals surface area contributed by atoms with Gasteiger partial charge in [0.25, 0.3) is 0 Å². The van der Waals surface area contributed by atoms with E-state index in [0.29, 0.717) is 17.3 Å². The summed E-state index contributed by atoms with van der Waals surface area (Å²) in [6.45, 7) is 1.90. The van der Waals surface area contributed by atoms with Crippen LogP contribution in [-0.4, -0.2) is 44.0 Å². The minimum atomic E-state index is -0.360. The molecular weight excluding hydrogens is 323 g/mol. The number of nitrogens with one attached hydrogen (secondary N) is 1. The Morgan fingerprint density at radius 2 is 2.30 bits per heavy atom. The highest BCUT2D eigenvalue weighted by atomic mass is 79.9. The lowest BCUT2D eigenvalue weighted by atomic mass is 10.1. The van der Waals surface area contributed by atoms with E-state index in [1.54, 1.807) is 12.1 Å². The van der Waals surface area contributed by atoms with Gasteiger partial charge in [0.15, 0.2) is 5.82 Å². The smallest absolute Gasteiger partial charge is 0.161 e. The number of anilines is 1. The lowest BCUT2D eigenvalue weighted by Crippen LogP contribution is -2.37. The second kappa shape index (κ2) is 6.10. The molecule has 1 unspecified atom stereocenters. The number of likely N-dealkylation sites (tertiary alicyclic amines) is 1. The summed E-state index contributed by atoms with van der Waals surface area (Å²) in [6.07, 6.45) is 2.35. The van der Waals surface area contributed by atoms with Gasteiger partial charge in [-0.3, -0.25) is 5.41 Å². The van der Waals surface area contributed by atoms with Gasteiger partial charge in [-0.2, -0.15) is 0 Å². The van der Waals surface area contributed by atoms with Crippen LogP contribution in [0, 0.1) is 11.2 Å². The molecule has 1 aromatic rings. The second-order valence-corrected chi connectivity index (χ2v) is 6.12. The fraction of sp³-hybridized carbons (Fsp3) is 0.500. The van der Waals surface area contributed by atoms with Crippen LogP contribution in [0.5, 0.6) is 0 Å². The van der Waals surface area contributed by atoms with Crippen LogP contribution in [0.4, 0.5) is 10.1 Å². The standard InChI is InChI=1S/C14H20BrFN4/c1-19-7-3-4-9(19)8-20(2)11-6-5-10(14(17)18)12(15)13(11)16/h5-6,9H,3-4,7-8H2,1-2H3,(H3,17,18). The Morgan fingerprint density at radius 3 is 2.85 bits per heavy atom. The molecule has 0 aliphatic carbocycles. The predicted molar refractivity (Wildman–Crippen MR) is 84.0 cm³/mol. The van der Waals surface area contributed by atoms with Gasteiger partial charge in [-0.1, -0.05) is 0 Å². The molecular formula is C14H20BrFN4. The van der Waals surface area contributed by atoms with Crippen molar-refractivity contribution in [3.8, 4) is 0 Å². The maximum atomic E-state index is 14.4. The van der Waals surface area contributed by atoms with Crippen molar-refractivity contribution in [3.63, 3.8) is 0 Å². The Balaban J connectivity index is 2.20. The van der Waals surface area contributed by atoms with Crippen molar-refractivity contribution in [2.45, 2.75) is 18.9 Å². The fourth-order valence-corrected chi connectivity index (χ4v) is 3.22. The summed E-state index contributed by atoms with van der Waals surface area (Å²) >= 11 is 3.19. The monoisotopic (exact) mass is 342 g/mol. The average molecular weight is 343 g/mol. The van der Waals surface area contributed by atoms with Crippen LogP contribution in [0.3, 0.4) is 0 Å². The van der Waals surface area contributed by atoms with Gasteiger partial charge in [-0.15, -0.1) is 0 Å². The summed E-state index contributed by atoms with van der Waals surface area (Å²) in [5.41, 5.74) is 6.34. The van der Waals surface area contributed by atoms with Crippen LogP contribution in [0.1, 0.15) is 18.4 Å². The Hall–Kier alpha value is -1.14. The molecule has 1 aliphatic rings. The molecule has 6 heteroatoms. The first-order chi connectivity index (χ1) is 9.41. The predicted octanol–water partition coefficient (Wildman–Crippen LogP) is 2.40. The van der Waals surface area contributed by atoms with Crippen molar-refractivity contribution in [1.82, 2.24) is 4.90 Å². The summed E-state index contributed by atoms with van der Waals surface area (Å²) in [5.74, 6) is -0.499. The molecule has 110 valence electrons. The van der Waals surface area contributed by atoms with Gasteiger partial charge >= 0.3 is 0 Å². The molecule has 3 N–H and O–H groups in total. The van der Waals surface area contributed by atoms with Crippen LogP contribution < -0.4 is 10.6 Å². The van der Waals surface area contributed by atoms with Crippen molar-refractivity contribution >= 4 is 27.5 Å². The molecule has 1 aromatic carbocycles. The number of amidine groups is 1. The molecule has 1 fully saturated rings. The Morgan fingerprint density at radius 1 is 1.60 bits per heavy atom. The van der Waals surface area contributed by atoms with E-state index in [0.717, 1.165) is 19.5 Å². The van der Waals surface area contributed by atoms with Crippen LogP contribution in [0.15, 0.2) is 16.6 Å². The normalized spacial score (nSPS) is 19.3. The second-order valence-electron chi connectivity index (χ2n) is 5.33. The van der Waals surface area contributed by atoms with Gasteiger partial charge in [0, 0.05) is 25.2 Å². The molecule has 0 bridgehead atoms. The number of rotatable bonds is 4. The minimum Gasteiger partial charge on any atom is -0.384 e. The lowest BCUT2D eigenvalue weighted by Gasteiger charge is -2.28. The number of likely N-dealkylation sites (N-methyl/N-ethyl adjacent to an activating group) is 2. The zero-order valence-electron chi connectivity index (χ0n) is 11.8. The third kappa shape index (κ3) is 2.96. The molecule has 1 saturated heterocycles. The molecule has 0 aromatic heterocycles. The molecule has 0 saturated carbocycles. The Bertz CT molecular complexity index is 520. The van der Waals surface area contributed by atoms with Gasteiger partial charge in [0.2, 0.25) is 0 Å². The maximum absolute atomic E-state index is 14.4. The van der Waals surface area contributed by atoms with E-state index >= 15 is 0 Å². The van der Waals surface area contributed by atoms with Crippen LogP contribution in [0.25, 0.3) is 0 Å². The summed E-state index contributed by atoms with van der Waals surface area (Å²) in [6, 6.07) is 3.83. The minimum absolute atomic E-state index is 0.138. The molecule has 1 heterocycles. The first-order valence-electron chi connectivity index (χ1n) is 6.65. The highest BCUT2D eigenvalue weighted by molar-refractivity contribution is 9.10. The Labute approximate surface area is 127 Å². The van der Waals surface area contributed by atoms with Crippen molar-refractivity contribution in [2.24, 2.45) is 5.73 Å². The lowest BCUT2D eigenvalue weighted by molar-refractivity contribution is 0.314. The maximum Gasteiger partial charge on any atom is 0.161 e. The van der Waals surface area contributed by atoms with Crippen molar-refractivity contribution in [3.05, 3.63) is 28.0 Å². The molecule has 1 aliphatic heterocycles. The van der Waals surface area contributed by atoms with Gasteiger partial charge in [-0.05, 0) is 54.5 Å². The van der Waals surface area contributed by atoms with Gasteiger partial charge in [-0.25, -0.2) is 4.39 Å². The molecule has 4 nitrogen and oxygen atoms in total. The summed E-state index contributed by atoms with van der Waals surface area (Å²) in [4.78, 5) is 4.24. The molecule has 2 rings (SSSR count). The number of nitrogens with zero attached hydrogens (tertiary/aromatic N) is 2. The van der Waals surface area contributed by atoms with E-state index in [-0.39, 0.29) is 16.1 Å². The summed E-state index contributed by atoms with van der Waals surface area (Å²) < 4.78 is 14.6. The van der Waals surface area contributed by atoms with Crippen molar-refractivity contribution in [1.29, 1.82) is 5.41 Å². The number of nitrogens with two attached hydrogens (primary N) is 1. The van der Waals surface area contributed by atoms with Gasteiger partial charge in [0.1, 0.15) is 5.84 Å². The van der Waals surface area contributed by atoms with Gasteiger partial charge < -0.3 is 15.5 Å². The average Bonchev–Trinajstić information content (AvgIpc) is 2.77. The number of halogens is 2. The number of hydrogen-bond donors (Lipinski definition) is 2. The summed E-state index contributed by atoms with van der Waals surface area (Å²) in [5, 5.41) is 7.42. The largest absolute Gasteiger partial charge is 0.384 e. The fourth-order valence-electron chi connectivity index (χ4n) is 2.67. The first-order valence-corrected chi connectivity index (χ1v) is 7.45. The van der Waals surface area contributed by atoms with Crippen molar-refractivity contribution < 1.29 is 4.39 Å². The topological polar surface area (TPSA) is 56.4 Å². The molecule has 0 spiro atoms. The van der Waals surface area contributed by atoms with Crippen molar-refractivity contribution in [2.75, 3.05) is 32.1 Å². The summed E-state index contributed by atoms with van der Waals surface area (Å²) in [7, 11) is 4.00. The molecule has 0 radical (unpaired) electrons. The SMILES string of the molecule is CN(CC1CCCN1C)c1ccc(C(=N)N)c(Br)c1F. The third-order valence-electron chi connectivity index (χ3n) is 3.92. The van der Waals surface area contributed by atoms with E-state index < -0.39 is 0 Å². The van der Waals surface area contributed by atoms with E-state index in [4.69, 9.17) is 11.1 Å². The number of hydrogen-bond acceptors (Lipinski definition) is 3. The third-order valence-corrected chi connectivity index (χ3v) is 4.69. The molecule has 1 atom stereocenters. The van der Waals surface area contributed by atoms with E-state index in [1.165, 1.54) is 6.42 Å². The first kappa shape index (κ1) is 15.3. The van der Waals surface area contributed by atoms with E-state index in [1.807, 2.05) is 11.9 Å². The zero-order valence-corrected chi connectivity index (χ0v) is 13.4. The highest BCUT2D eigenvalue weighted by Crippen LogP contribution is 2.29. The van der Waals surface area contributed by atoms with E-state index in [9.17, 15) is 4.39 Å². The number of benzene rings is 1. The Kier molecular flexibility index (Phi) is 4.65. The number of nitrogen functional groups attached to an aromatic ring is 1. The highest BCUT2D eigenvalue weighted by Gasteiger charge is 2.24. The van der Waals surface area contributed by atoms with E-state index in [2.05, 4.69) is 27.9 Å². The van der Waals surface area contributed by atoms with Crippen LogP contribution in [-0.2, 0) is 0 Å². The van der Waals surface area contributed by atoms with Gasteiger partial charge in [0.05, 0.1) is 10.2 Å². The van der Waals surface area contributed by atoms with Crippen LogP contribution in [0.2, 0.25) is 0 Å². The molecule has 20 heavy (non-hydrogen) atoms. The molecule has 0 amide bonds. The van der Waals surface area contributed by atoms with Crippen LogP contribution >= 0.6 is 15.9 Å². The zero-order chi connectivity index (χ0) is 14.9.